The Morgan fingerprint density at radius 3 is 2.22 bits per heavy atom. The molecule has 0 radical (unpaired) electrons. The molecule has 6 heteroatoms. The Bertz CT molecular complexity index is 497. The molecule has 0 aromatic heterocycles. The van der Waals surface area contributed by atoms with E-state index in [1.165, 1.54) is 4.31 Å². The maximum Gasteiger partial charge on any atom is 0.242 e. The lowest BCUT2D eigenvalue weighted by Crippen LogP contribution is -2.39. The van der Waals surface area contributed by atoms with Gasteiger partial charge in [-0.15, -0.1) is 0 Å². The van der Waals surface area contributed by atoms with Gasteiger partial charge in [0, 0.05) is 17.2 Å². The molecule has 0 aliphatic rings. The first-order valence-corrected chi connectivity index (χ1v) is 8.13. The summed E-state index contributed by atoms with van der Waals surface area (Å²) in [6, 6.07) is 6.83. The molecule has 0 spiro atoms. The molecule has 0 amide bonds. The molecule has 18 heavy (non-hydrogen) atoms. The number of halogens is 1. The second-order valence-corrected chi connectivity index (χ2v) is 8.37. The fraction of sp³-hybridized carbons (Fsp3) is 0.500. The van der Waals surface area contributed by atoms with Gasteiger partial charge >= 0.3 is 0 Å². The number of rotatable bonds is 5. The van der Waals surface area contributed by atoms with Crippen molar-refractivity contribution in [3.05, 3.63) is 27.8 Å². The molecule has 0 atom stereocenters. The molecule has 0 saturated carbocycles. The highest BCUT2D eigenvalue weighted by Crippen LogP contribution is 2.21. The summed E-state index contributed by atoms with van der Waals surface area (Å²) in [5.41, 5.74) is 5.40. The summed E-state index contributed by atoms with van der Waals surface area (Å²) in [4.78, 5) is 0.318. The monoisotopic (exact) mass is 382 g/mol. The van der Waals surface area contributed by atoms with E-state index in [1.54, 1.807) is 31.3 Å². The van der Waals surface area contributed by atoms with E-state index in [0.29, 0.717) is 18.0 Å². The van der Waals surface area contributed by atoms with Crippen LogP contribution in [0.15, 0.2) is 29.2 Å². The molecule has 0 aliphatic heterocycles. The molecule has 0 bridgehead atoms. The van der Waals surface area contributed by atoms with Crippen LogP contribution in [0.5, 0.6) is 0 Å². The molecule has 1 aromatic carbocycles. The first-order valence-electron chi connectivity index (χ1n) is 5.61. The third-order valence-electron chi connectivity index (χ3n) is 2.73. The van der Waals surface area contributed by atoms with Gasteiger partial charge in [0.25, 0.3) is 0 Å². The standard InChI is InChI=1S/C12H19IN2O2S/c1-12(2,8-14)9-15(3)18(16,17)11-6-4-10(13)5-7-11/h4-7H,8-9,14H2,1-3H3. The summed E-state index contributed by atoms with van der Waals surface area (Å²) in [5, 5.41) is 0. The Hall–Kier alpha value is -0.180. The van der Waals surface area contributed by atoms with E-state index in [0.717, 1.165) is 3.57 Å². The fourth-order valence-electron chi connectivity index (χ4n) is 1.54. The van der Waals surface area contributed by atoms with Gasteiger partial charge in [-0.1, -0.05) is 13.8 Å². The second-order valence-electron chi connectivity index (χ2n) is 5.08. The van der Waals surface area contributed by atoms with Gasteiger partial charge < -0.3 is 5.73 Å². The lowest BCUT2D eigenvalue weighted by Gasteiger charge is -2.28. The summed E-state index contributed by atoms with van der Waals surface area (Å²) in [6.45, 7) is 4.75. The topological polar surface area (TPSA) is 63.4 Å². The van der Waals surface area contributed by atoms with Crippen LogP contribution in [0.2, 0.25) is 0 Å². The van der Waals surface area contributed by atoms with E-state index in [1.807, 2.05) is 13.8 Å². The van der Waals surface area contributed by atoms with Crippen molar-refractivity contribution in [2.24, 2.45) is 11.1 Å². The lowest BCUT2D eigenvalue weighted by molar-refractivity contribution is 0.292. The summed E-state index contributed by atoms with van der Waals surface area (Å²) >= 11 is 2.15. The molecule has 0 heterocycles. The third-order valence-corrected chi connectivity index (χ3v) is 5.26. The number of nitrogens with two attached hydrogens (primary N) is 1. The van der Waals surface area contributed by atoms with Crippen molar-refractivity contribution in [3.8, 4) is 0 Å². The van der Waals surface area contributed by atoms with Gasteiger partial charge in [-0.25, -0.2) is 12.7 Å². The van der Waals surface area contributed by atoms with E-state index < -0.39 is 10.0 Å². The van der Waals surface area contributed by atoms with Crippen molar-refractivity contribution in [1.29, 1.82) is 0 Å². The van der Waals surface area contributed by atoms with Crippen molar-refractivity contribution in [2.75, 3.05) is 20.1 Å². The van der Waals surface area contributed by atoms with Crippen molar-refractivity contribution in [3.63, 3.8) is 0 Å². The third kappa shape index (κ3) is 3.91. The highest BCUT2D eigenvalue weighted by atomic mass is 127. The summed E-state index contributed by atoms with van der Waals surface area (Å²) in [6.07, 6.45) is 0. The Balaban J connectivity index is 2.97. The molecular weight excluding hydrogens is 363 g/mol. The normalized spacial score (nSPS) is 13.0. The van der Waals surface area contributed by atoms with Crippen molar-refractivity contribution in [2.45, 2.75) is 18.7 Å². The molecule has 4 nitrogen and oxygen atoms in total. The predicted molar refractivity (Wildman–Crippen MR) is 81.8 cm³/mol. The Morgan fingerprint density at radius 2 is 1.78 bits per heavy atom. The minimum absolute atomic E-state index is 0.231. The second kappa shape index (κ2) is 5.85. The molecule has 1 aromatic rings. The van der Waals surface area contributed by atoms with Crippen molar-refractivity contribution in [1.82, 2.24) is 4.31 Å². The Labute approximate surface area is 123 Å². The van der Waals surface area contributed by atoms with E-state index in [2.05, 4.69) is 22.6 Å². The smallest absolute Gasteiger partial charge is 0.242 e. The van der Waals surface area contributed by atoms with Crippen LogP contribution in [-0.4, -0.2) is 32.9 Å². The Kier molecular flexibility index (Phi) is 5.16. The van der Waals surface area contributed by atoms with Crippen LogP contribution in [0, 0.1) is 8.99 Å². The zero-order valence-corrected chi connectivity index (χ0v) is 13.8. The lowest BCUT2D eigenvalue weighted by atomic mass is 9.94. The molecule has 1 rings (SSSR count). The maximum atomic E-state index is 12.3. The average molecular weight is 382 g/mol. The van der Waals surface area contributed by atoms with Crippen LogP contribution >= 0.6 is 22.6 Å². The van der Waals surface area contributed by atoms with Gasteiger partial charge in [0.15, 0.2) is 0 Å². The maximum absolute atomic E-state index is 12.3. The quantitative estimate of drug-likeness (QED) is 0.792. The highest BCUT2D eigenvalue weighted by molar-refractivity contribution is 14.1. The van der Waals surface area contributed by atoms with Crippen LogP contribution < -0.4 is 5.73 Å². The molecule has 0 fully saturated rings. The van der Waals surface area contributed by atoms with E-state index in [-0.39, 0.29) is 5.41 Å². The van der Waals surface area contributed by atoms with Gasteiger partial charge in [-0.3, -0.25) is 0 Å². The van der Waals surface area contributed by atoms with Crippen LogP contribution in [0.25, 0.3) is 0 Å². The van der Waals surface area contributed by atoms with Gasteiger partial charge in [0.2, 0.25) is 10.0 Å². The molecule has 0 saturated heterocycles. The number of hydrogen-bond donors (Lipinski definition) is 1. The van der Waals surface area contributed by atoms with Crippen molar-refractivity contribution < 1.29 is 8.42 Å². The number of nitrogens with zero attached hydrogens (tertiary/aromatic N) is 1. The fourth-order valence-corrected chi connectivity index (χ4v) is 3.26. The van der Waals surface area contributed by atoms with Crippen LogP contribution in [0.1, 0.15) is 13.8 Å². The van der Waals surface area contributed by atoms with Crippen LogP contribution in [-0.2, 0) is 10.0 Å². The highest BCUT2D eigenvalue weighted by Gasteiger charge is 2.26. The zero-order chi connectivity index (χ0) is 14.0. The Morgan fingerprint density at radius 1 is 1.28 bits per heavy atom. The van der Waals surface area contributed by atoms with E-state index in [9.17, 15) is 8.42 Å². The van der Waals surface area contributed by atoms with E-state index in [4.69, 9.17) is 5.73 Å². The SMILES string of the molecule is CN(CC(C)(C)CN)S(=O)(=O)c1ccc(I)cc1. The molecule has 102 valence electrons. The summed E-state index contributed by atoms with van der Waals surface area (Å²) < 4.78 is 27.0. The van der Waals surface area contributed by atoms with Gasteiger partial charge in [0.05, 0.1) is 4.90 Å². The predicted octanol–water partition coefficient (Wildman–Crippen LogP) is 1.90. The van der Waals surface area contributed by atoms with Crippen LogP contribution in [0.3, 0.4) is 0 Å². The van der Waals surface area contributed by atoms with Crippen LogP contribution in [0.4, 0.5) is 0 Å². The first-order chi connectivity index (χ1) is 8.19. The first kappa shape index (κ1) is 15.9. The minimum Gasteiger partial charge on any atom is -0.330 e. The van der Waals surface area contributed by atoms with Crippen molar-refractivity contribution >= 4 is 32.6 Å². The number of sulfonamides is 1. The zero-order valence-electron chi connectivity index (χ0n) is 10.9. The minimum atomic E-state index is -3.42. The van der Waals surface area contributed by atoms with Gasteiger partial charge in [-0.2, -0.15) is 0 Å². The summed E-state index contributed by atoms with van der Waals surface area (Å²) in [5.74, 6) is 0. The number of benzene rings is 1. The molecular formula is C12H19IN2O2S. The molecule has 0 unspecified atom stereocenters. The summed E-state index contributed by atoms with van der Waals surface area (Å²) in [7, 11) is -1.84. The van der Waals surface area contributed by atoms with Gasteiger partial charge in [-0.05, 0) is 58.8 Å². The largest absolute Gasteiger partial charge is 0.330 e. The van der Waals surface area contributed by atoms with E-state index >= 15 is 0 Å². The average Bonchev–Trinajstić information content (AvgIpc) is 2.29. The van der Waals surface area contributed by atoms with Gasteiger partial charge in [0.1, 0.15) is 0 Å². The number of hydrogen-bond acceptors (Lipinski definition) is 3. The molecule has 2 N–H and O–H groups in total. The molecule has 0 aliphatic carbocycles.